The van der Waals surface area contributed by atoms with Crippen LogP contribution in [0.4, 0.5) is 6.01 Å². The van der Waals surface area contributed by atoms with E-state index in [0.717, 1.165) is 6.42 Å². The Kier molecular flexibility index (Phi) is 6.81. The van der Waals surface area contributed by atoms with E-state index in [4.69, 9.17) is 13.9 Å². The number of unbranched alkanes of at least 4 members (excludes halogenated alkanes) is 1. The standard InChI is InChI=1S/C14H23N3O5/c1-5-20-12(19)11-16-17-13(21-11)15-9-7-6-8-10(18)22-14(2,3)4/h5-9H2,1-4H3,(H,15,17). The van der Waals surface area contributed by atoms with Crippen molar-refractivity contribution in [3.05, 3.63) is 5.89 Å². The Morgan fingerprint density at radius 1 is 1.23 bits per heavy atom. The van der Waals surface area contributed by atoms with Gasteiger partial charge in [0.1, 0.15) is 5.60 Å². The summed E-state index contributed by atoms with van der Waals surface area (Å²) in [6.45, 7) is 8.00. The second-order valence-corrected chi connectivity index (χ2v) is 5.60. The predicted octanol–water partition coefficient (Wildman–Crippen LogP) is 2.17. The van der Waals surface area contributed by atoms with Gasteiger partial charge in [0, 0.05) is 13.0 Å². The smallest absolute Gasteiger partial charge is 0.396 e. The molecule has 1 rings (SSSR count). The summed E-state index contributed by atoms with van der Waals surface area (Å²) in [5.74, 6) is -1.04. The number of ether oxygens (including phenoxy) is 2. The second-order valence-electron chi connectivity index (χ2n) is 5.60. The summed E-state index contributed by atoms with van der Waals surface area (Å²) >= 11 is 0. The van der Waals surface area contributed by atoms with E-state index in [1.54, 1.807) is 6.92 Å². The molecule has 0 radical (unpaired) electrons. The number of hydrogen-bond donors (Lipinski definition) is 1. The highest BCUT2D eigenvalue weighted by molar-refractivity contribution is 5.84. The first kappa shape index (κ1) is 17.9. The van der Waals surface area contributed by atoms with Crippen molar-refractivity contribution >= 4 is 18.0 Å². The van der Waals surface area contributed by atoms with Gasteiger partial charge >= 0.3 is 23.8 Å². The molecule has 124 valence electrons. The number of carbonyl (C=O) groups excluding carboxylic acids is 2. The van der Waals surface area contributed by atoms with E-state index in [-0.39, 0.29) is 24.5 Å². The molecule has 0 aliphatic rings. The van der Waals surface area contributed by atoms with Crippen LogP contribution in [0.15, 0.2) is 4.42 Å². The minimum absolute atomic E-state index is 0.153. The van der Waals surface area contributed by atoms with Crippen LogP contribution < -0.4 is 5.32 Å². The molecule has 22 heavy (non-hydrogen) atoms. The van der Waals surface area contributed by atoms with Gasteiger partial charge in [0.25, 0.3) is 0 Å². The number of carbonyl (C=O) groups is 2. The van der Waals surface area contributed by atoms with Crippen LogP contribution in [0.25, 0.3) is 0 Å². The maximum Gasteiger partial charge on any atom is 0.396 e. The van der Waals surface area contributed by atoms with Crippen molar-refractivity contribution in [2.24, 2.45) is 0 Å². The van der Waals surface area contributed by atoms with Gasteiger partial charge in [-0.05, 0) is 40.5 Å². The van der Waals surface area contributed by atoms with Gasteiger partial charge in [0.2, 0.25) is 0 Å². The molecule has 0 bridgehead atoms. The van der Waals surface area contributed by atoms with Crippen LogP contribution in [-0.2, 0) is 14.3 Å². The molecule has 0 aliphatic heterocycles. The Bertz CT molecular complexity index is 493. The maximum atomic E-state index is 11.5. The van der Waals surface area contributed by atoms with Crippen molar-refractivity contribution in [1.82, 2.24) is 10.2 Å². The van der Waals surface area contributed by atoms with Crippen molar-refractivity contribution in [3.8, 4) is 0 Å². The largest absolute Gasteiger partial charge is 0.460 e. The van der Waals surface area contributed by atoms with E-state index >= 15 is 0 Å². The summed E-state index contributed by atoms with van der Waals surface area (Å²) in [7, 11) is 0. The molecule has 0 spiro atoms. The molecule has 8 heteroatoms. The Morgan fingerprint density at radius 3 is 2.59 bits per heavy atom. The van der Waals surface area contributed by atoms with Crippen molar-refractivity contribution in [2.45, 2.75) is 52.6 Å². The Balaban J connectivity index is 2.20. The van der Waals surface area contributed by atoms with Crippen LogP contribution in [0.1, 0.15) is 57.6 Å². The highest BCUT2D eigenvalue weighted by Crippen LogP contribution is 2.10. The lowest BCUT2D eigenvalue weighted by atomic mass is 10.2. The summed E-state index contributed by atoms with van der Waals surface area (Å²) in [4.78, 5) is 22.8. The number of esters is 2. The molecule has 8 nitrogen and oxygen atoms in total. The minimum Gasteiger partial charge on any atom is -0.460 e. The molecule has 1 heterocycles. The lowest BCUT2D eigenvalue weighted by Gasteiger charge is -2.19. The van der Waals surface area contributed by atoms with Gasteiger partial charge in [-0.2, -0.15) is 0 Å². The van der Waals surface area contributed by atoms with Gasteiger partial charge < -0.3 is 19.2 Å². The maximum absolute atomic E-state index is 11.5. The fourth-order valence-electron chi connectivity index (χ4n) is 1.55. The molecule has 0 saturated heterocycles. The van der Waals surface area contributed by atoms with E-state index in [0.29, 0.717) is 19.4 Å². The van der Waals surface area contributed by atoms with Crippen LogP contribution in [0.3, 0.4) is 0 Å². The summed E-state index contributed by atoms with van der Waals surface area (Å²) in [6, 6.07) is 0.153. The fraction of sp³-hybridized carbons (Fsp3) is 0.714. The molecular formula is C14H23N3O5. The lowest BCUT2D eigenvalue weighted by molar-refractivity contribution is -0.154. The van der Waals surface area contributed by atoms with Crippen LogP contribution in [0.2, 0.25) is 0 Å². The number of anilines is 1. The average molecular weight is 313 g/mol. The van der Waals surface area contributed by atoms with Crippen LogP contribution >= 0.6 is 0 Å². The fourth-order valence-corrected chi connectivity index (χ4v) is 1.55. The molecule has 0 amide bonds. The van der Waals surface area contributed by atoms with E-state index < -0.39 is 11.6 Å². The third-order valence-electron chi connectivity index (χ3n) is 2.38. The first-order valence-electron chi connectivity index (χ1n) is 7.28. The predicted molar refractivity (Wildman–Crippen MR) is 78.4 cm³/mol. The zero-order chi connectivity index (χ0) is 16.6. The van der Waals surface area contributed by atoms with E-state index in [1.165, 1.54) is 0 Å². The average Bonchev–Trinajstić information content (AvgIpc) is 2.85. The Morgan fingerprint density at radius 2 is 1.95 bits per heavy atom. The summed E-state index contributed by atoms with van der Waals surface area (Å²) in [5, 5.41) is 10.1. The third kappa shape index (κ3) is 7.05. The molecule has 0 aliphatic carbocycles. The van der Waals surface area contributed by atoms with Gasteiger partial charge in [-0.25, -0.2) is 4.79 Å². The van der Waals surface area contributed by atoms with Gasteiger partial charge in [0.15, 0.2) is 0 Å². The Hall–Kier alpha value is -2.12. The monoisotopic (exact) mass is 313 g/mol. The zero-order valence-electron chi connectivity index (χ0n) is 13.5. The Labute approximate surface area is 129 Å². The molecule has 1 aromatic heterocycles. The molecular weight excluding hydrogens is 290 g/mol. The number of hydrogen-bond acceptors (Lipinski definition) is 8. The molecule has 0 aromatic carbocycles. The van der Waals surface area contributed by atoms with E-state index in [9.17, 15) is 9.59 Å². The molecule has 0 fully saturated rings. The van der Waals surface area contributed by atoms with Crippen LogP contribution in [0, 0.1) is 0 Å². The summed E-state index contributed by atoms with van der Waals surface area (Å²) in [5.41, 5.74) is -0.456. The van der Waals surface area contributed by atoms with Gasteiger partial charge in [-0.1, -0.05) is 10.2 Å². The van der Waals surface area contributed by atoms with Gasteiger partial charge in [0.05, 0.1) is 6.61 Å². The number of nitrogens with zero attached hydrogens (tertiary/aromatic N) is 2. The number of rotatable bonds is 8. The first-order chi connectivity index (χ1) is 10.3. The molecule has 1 aromatic rings. The quantitative estimate of drug-likeness (QED) is 0.575. The minimum atomic E-state index is -0.645. The van der Waals surface area contributed by atoms with Crippen LogP contribution in [0.5, 0.6) is 0 Å². The normalized spacial score (nSPS) is 11.1. The third-order valence-corrected chi connectivity index (χ3v) is 2.38. The summed E-state index contributed by atoms with van der Waals surface area (Å²) in [6.07, 6.45) is 1.77. The van der Waals surface area contributed by atoms with E-state index in [2.05, 4.69) is 15.5 Å². The highest BCUT2D eigenvalue weighted by Gasteiger charge is 2.16. The van der Waals surface area contributed by atoms with Crippen molar-refractivity contribution < 1.29 is 23.5 Å². The molecule has 0 saturated carbocycles. The zero-order valence-corrected chi connectivity index (χ0v) is 13.5. The van der Waals surface area contributed by atoms with Gasteiger partial charge in [-0.3, -0.25) is 4.79 Å². The van der Waals surface area contributed by atoms with Crippen molar-refractivity contribution in [2.75, 3.05) is 18.5 Å². The SMILES string of the molecule is CCOC(=O)c1nnc(NCCCCC(=O)OC(C)(C)C)o1. The number of nitrogens with one attached hydrogen (secondary N) is 1. The van der Waals surface area contributed by atoms with Crippen LogP contribution in [-0.4, -0.2) is 40.9 Å². The molecule has 0 unspecified atom stereocenters. The molecule has 0 atom stereocenters. The van der Waals surface area contributed by atoms with E-state index in [1.807, 2.05) is 20.8 Å². The first-order valence-corrected chi connectivity index (χ1v) is 7.28. The van der Waals surface area contributed by atoms with Crippen molar-refractivity contribution in [3.63, 3.8) is 0 Å². The molecule has 1 N–H and O–H groups in total. The lowest BCUT2D eigenvalue weighted by Crippen LogP contribution is -2.23. The topological polar surface area (TPSA) is 104 Å². The summed E-state index contributed by atoms with van der Waals surface area (Å²) < 4.78 is 15.0. The second kappa shape index (κ2) is 8.35. The van der Waals surface area contributed by atoms with Gasteiger partial charge in [-0.15, -0.1) is 0 Å². The number of aromatic nitrogens is 2. The van der Waals surface area contributed by atoms with Crippen molar-refractivity contribution in [1.29, 1.82) is 0 Å². The highest BCUT2D eigenvalue weighted by atomic mass is 16.6.